The second kappa shape index (κ2) is 8.19. The van der Waals surface area contributed by atoms with E-state index in [0.717, 1.165) is 18.4 Å². The van der Waals surface area contributed by atoms with Crippen molar-refractivity contribution >= 4 is 11.8 Å². The number of ether oxygens (including phenoxy) is 1. The lowest BCUT2D eigenvalue weighted by atomic mass is 10.1. The Morgan fingerprint density at radius 3 is 2.34 bits per heavy atom. The molecule has 3 aromatic rings. The van der Waals surface area contributed by atoms with Gasteiger partial charge in [-0.15, -0.1) is 0 Å². The number of carbonyl (C=O) groups is 2. The van der Waals surface area contributed by atoms with Gasteiger partial charge in [0.05, 0.1) is 5.56 Å². The van der Waals surface area contributed by atoms with Crippen LogP contribution in [-0.2, 0) is 19.4 Å². The zero-order chi connectivity index (χ0) is 20.2. The maximum absolute atomic E-state index is 12.7. The lowest BCUT2D eigenvalue weighted by Gasteiger charge is -2.13. The molecular weight excluding hydrogens is 364 g/mol. The van der Waals surface area contributed by atoms with Gasteiger partial charge in [-0.25, -0.2) is 0 Å². The van der Waals surface area contributed by atoms with Gasteiger partial charge in [-0.2, -0.15) is 0 Å². The summed E-state index contributed by atoms with van der Waals surface area (Å²) >= 11 is 0. The molecule has 3 aromatic carbocycles. The summed E-state index contributed by atoms with van der Waals surface area (Å²) in [5, 5.41) is 3.13. The van der Waals surface area contributed by atoms with Crippen LogP contribution in [0.1, 0.15) is 37.4 Å². The third-order valence-electron chi connectivity index (χ3n) is 5.12. The topological polar surface area (TPSA) is 81.4 Å². The zero-order valence-corrected chi connectivity index (χ0v) is 15.9. The van der Waals surface area contributed by atoms with Gasteiger partial charge in [0.25, 0.3) is 11.8 Å². The molecule has 0 aliphatic heterocycles. The molecular formula is C24H22N2O3. The van der Waals surface area contributed by atoms with Gasteiger partial charge in [0.1, 0.15) is 12.4 Å². The van der Waals surface area contributed by atoms with Crippen molar-refractivity contribution in [2.75, 3.05) is 0 Å². The first-order valence-electron chi connectivity index (χ1n) is 9.58. The van der Waals surface area contributed by atoms with Crippen molar-refractivity contribution in [2.45, 2.75) is 25.5 Å². The molecule has 5 heteroatoms. The van der Waals surface area contributed by atoms with Crippen molar-refractivity contribution in [1.82, 2.24) is 5.32 Å². The van der Waals surface area contributed by atoms with Gasteiger partial charge in [-0.3, -0.25) is 9.59 Å². The van der Waals surface area contributed by atoms with Crippen LogP contribution in [0.2, 0.25) is 0 Å². The molecule has 0 saturated carbocycles. The summed E-state index contributed by atoms with van der Waals surface area (Å²) < 4.78 is 5.76. The van der Waals surface area contributed by atoms with E-state index >= 15 is 0 Å². The first-order valence-corrected chi connectivity index (χ1v) is 9.58. The number of hydrogen-bond donors (Lipinski definition) is 2. The molecule has 0 atom stereocenters. The van der Waals surface area contributed by atoms with Crippen molar-refractivity contribution in [2.24, 2.45) is 5.73 Å². The fourth-order valence-corrected chi connectivity index (χ4v) is 3.69. The minimum atomic E-state index is -0.536. The standard InChI is InChI=1S/C24H22N2O3/c25-23(27)21-10-3-4-11-22(21)29-15-16-6-5-9-19(12-16)24(28)26-20-13-17-7-1-2-8-18(17)14-20/h1-12,20H,13-15H2,(H2,25,27)(H,26,28). The molecule has 0 bridgehead atoms. The van der Waals surface area contributed by atoms with E-state index in [2.05, 4.69) is 17.4 Å². The van der Waals surface area contributed by atoms with Crippen molar-refractivity contribution < 1.29 is 14.3 Å². The summed E-state index contributed by atoms with van der Waals surface area (Å²) in [6.07, 6.45) is 1.71. The summed E-state index contributed by atoms with van der Waals surface area (Å²) in [6, 6.07) is 22.6. The third-order valence-corrected chi connectivity index (χ3v) is 5.12. The van der Waals surface area contributed by atoms with Crippen LogP contribution in [0.4, 0.5) is 0 Å². The molecule has 0 unspecified atom stereocenters. The van der Waals surface area contributed by atoms with Gasteiger partial charge in [0.15, 0.2) is 0 Å². The number of nitrogens with two attached hydrogens (primary N) is 1. The van der Waals surface area contributed by atoms with E-state index in [4.69, 9.17) is 10.5 Å². The quantitative estimate of drug-likeness (QED) is 0.682. The Hall–Kier alpha value is -3.60. The van der Waals surface area contributed by atoms with Crippen molar-refractivity contribution in [3.8, 4) is 5.75 Å². The van der Waals surface area contributed by atoms with Gasteiger partial charge in [0.2, 0.25) is 0 Å². The van der Waals surface area contributed by atoms with Crippen LogP contribution in [-0.4, -0.2) is 17.9 Å². The predicted octanol–water partition coefficient (Wildman–Crippen LogP) is 3.26. The van der Waals surface area contributed by atoms with Crippen LogP contribution in [0.5, 0.6) is 5.75 Å². The molecule has 0 saturated heterocycles. The van der Waals surface area contributed by atoms with E-state index in [1.807, 2.05) is 30.3 Å². The first-order chi connectivity index (χ1) is 14.1. The van der Waals surface area contributed by atoms with Gasteiger partial charge in [-0.1, -0.05) is 48.5 Å². The maximum atomic E-state index is 12.7. The number of primary amides is 1. The Bertz CT molecular complexity index is 1040. The Morgan fingerprint density at radius 1 is 0.931 bits per heavy atom. The largest absolute Gasteiger partial charge is 0.488 e. The highest BCUT2D eigenvalue weighted by atomic mass is 16.5. The number of fused-ring (bicyclic) bond motifs is 1. The molecule has 0 heterocycles. The number of rotatable bonds is 6. The summed E-state index contributed by atoms with van der Waals surface area (Å²) in [5.74, 6) is -0.202. The number of amides is 2. The minimum absolute atomic E-state index is 0.0952. The lowest BCUT2D eigenvalue weighted by Crippen LogP contribution is -2.35. The second-order valence-corrected chi connectivity index (χ2v) is 7.20. The monoisotopic (exact) mass is 386 g/mol. The highest BCUT2D eigenvalue weighted by Gasteiger charge is 2.22. The van der Waals surface area contributed by atoms with Gasteiger partial charge in [-0.05, 0) is 53.8 Å². The Labute approximate surface area is 169 Å². The van der Waals surface area contributed by atoms with Gasteiger partial charge in [0, 0.05) is 11.6 Å². The molecule has 0 radical (unpaired) electrons. The third kappa shape index (κ3) is 4.29. The number of hydrogen-bond acceptors (Lipinski definition) is 3. The highest BCUT2D eigenvalue weighted by molar-refractivity contribution is 5.95. The van der Waals surface area contributed by atoms with Crippen LogP contribution in [0.25, 0.3) is 0 Å². The number of para-hydroxylation sites is 1. The van der Waals surface area contributed by atoms with Crippen molar-refractivity contribution in [3.63, 3.8) is 0 Å². The van der Waals surface area contributed by atoms with Gasteiger partial charge < -0.3 is 15.8 Å². The number of carbonyl (C=O) groups excluding carboxylic acids is 2. The predicted molar refractivity (Wildman–Crippen MR) is 111 cm³/mol. The van der Waals surface area contributed by atoms with Crippen LogP contribution >= 0.6 is 0 Å². The fourth-order valence-electron chi connectivity index (χ4n) is 3.69. The molecule has 5 nitrogen and oxygen atoms in total. The highest BCUT2D eigenvalue weighted by Crippen LogP contribution is 2.22. The van der Waals surface area contributed by atoms with E-state index < -0.39 is 5.91 Å². The number of nitrogens with one attached hydrogen (secondary N) is 1. The smallest absolute Gasteiger partial charge is 0.252 e. The molecule has 4 rings (SSSR count). The van der Waals surface area contributed by atoms with E-state index in [1.54, 1.807) is 30.3 Å². The molecule has 0 fully saturated rings. The summed E-state index contributed by atoms with van der Waals surface area (Å²) in [4.78, 5) is 24.2. The Kier molecular flexibility index (Phi) is 5.29. The molecule has 146 valence electrons. The lowest BCUT2D eigenvalue weighted by molar-refractivity contribution is 0.0937. The molecule has 2 amide bonds. The SMILES string of the molecule is NC(=O)c1ccccc1OCc1cccc(C(=O)NC2Cc3ccccc3C2)c1. The van der Waals surface area contributed by atoms with E-state index in [9.17, 15) is 9.59 Å². The van der Waals surface area contributed by atoms with Gasteiger partial charge >= 0.3 is 0 Å². The molecule has 0 spiro atoms. The van der Waals surface area contributed by atoms with Crippen LogP contribution < -0.4 is 15.8 Å². The number of benzene rings is 3. The molecule has 3 N–H and O–H groups in total. The first kappa shape index (κ1) is 18.7. The van der Waals surface area contributed by atoms with Crippen molar-refractivity contribution in [1.29, 1.82) is 0 Å². The summed E-state index contributed by atoms with van der Waals surface area (Å²) in [5.41, 5.74) is 9.75. The fraction of sp³-hybridized carbons (Fsp3) is 0.167. The van der Waals surface area contributed by atoms with Crippen LogP contribution in [0.15, 0.2) is 72.8 Å². The van der Waals surface area contributed by atoms with Crippen LogP contribution in [0.3, 0.4) is 0 Å². The summed E-state index contributed by atoms with van der Waals surface area (Å²) in [6.45, 7) is 0.236. The minimum Gasteiger partial charge on any atom is -0.488 e. The average Bonchev–Trinajstić information content (AvgIpc) is 3.15. The van der Waals surface area contributed by atoms with E-state index in [-0.39, 0.29) is 18.6 Å². The maximum Gasteiger partial charge on any atom is 0.252 e. The molecule has 1 aliphatic carbocycles. The Balaban J connectivity index is 1.40. The zero-order valence-electron chi connectivity index (χ0n) is 15.9. The van der Waals surface area contributed by atoms with E-state index in [0.29, 0.717) is 16.9 Å². The second-order valence-electron chi connectivity index (χ2n) is 7.20. The molecule has 29 heavy (non-hydrogen) atoms. The van der Waals surface area contributed by atoms with Crippen LogP contribution in [0, 0.1) is 0 Å². The van der Waals surface area contributed by atoms with E-state index in [1.165, 1.54) is 11.1 Å². The summed E-state index contributed by atoms with van der Waals surface area (Å²) in [7, 11) is 0. The van der Waals surface area contributed by atoms with Crippen molar-refractivity contribution in [3.05, 3.63) is 101 Å². The Morgan fingerprint density at radius 2 is 1.62 bits per heavy atom. The molecule has 0 aromatic heterocycles. The molecule has 1 aliphatic rings. The average molecular weight is 386 g/mol. The normalized spacial score (nSPS) is 13.0.